The second kappa shape index (κ2) is 5.86. The van der Waals surface area contributed by atoms with Crippen LogP contribution in [0.25, 0.3) is 0 Å². The molecule has 6 heteroatoms. The number of nitrogens with one attached hydrogen (secondary N) is 2. The van der Waals surface area contributed by atoms with Crippen LogP contribution in [0.5, 0.6) is 0 Å². The van der Waals surface area contributed by atoms with Crippen molar-refractivity contribution in [2.24, 2.45) is 0 Å². The summed E-state index contributed by atoms with van der Waals surface area (Å²) in [5.41, 5.74) is 5.70. The van der Waals surface area contributed by atoms with Gasteiger partial charge in [-0.25, -0.2) is 0 Å². The Morgan fingerprint density at radius 3 is 2.94 bits per heavy atom. The van der Waals surface area contributed by atoms with E-state index in [9.17, 15) is 0 Å². The number of nitrogen functional groups attached to an aromatic ring is 1. The molecule has 0 saturated carbocycles. The number of hydrogen-bond donors (Lipinski definition) is 3. The van der Waals surface area contributed by atoms with Crippen LogP contribution in [0.15, 0.2) is 6.07 Å². The summed E-state index contributed by atoms with van der Waals surface area (Å²) in [6.07, 6.45) is 2.27. The van der Waals surface area contributed by atoms with Crippen LogP contribution in [0.4, 0.5) is 17.6 Å². The number of aromatic nitrogens is 2. The first-order chi connectivity index (χ1) is 8.67. The Morgan fingerprint density at radius 1 is 1.44 bits per heavy atom. The highest BCUT2D eigenvalue weighted by Gasteiger charge is 2.19. The van der Waals surface area contributed by atoms with Gasteiger partial charge in [0.2, 0.25) is 5.95 Å². The van der Waals surface area contributed by atoms with Crippen molar-refractivity contribution in [3.8, 4) is 0 Å². The van der Waals surface area contributed by atoms with Crippen LogP contribution in [-0.4, -0.2) is 35.3 Å². The molecule has 2 unspecified atom stereocenters. The molecule has 0 spiro atoms. The number of nitrogens with two attached hydrogens (primary N) is 1. The van der Waals surface area contributed by atoms with E-state index in [1.165, 1.54) is 0 Å². The standard InChI is InChI=1S/C12H21N5O/c1-3-14-10-7-11(17-12(13)16-10)15-9-4-5-18-8(2)6-9/h7-9H,3-6H2,1-2H3,(H4,13,14,15,16,17). The maximum absolute atomic E-state index is 5.70. The SMILES string of the molecule is CCNc1cc(NC2CCOC(C)C2)nc(N)n1. The van der Waals surface area contributed by atoms with E-state index in [1.54, 1.807) is 0 Å². The van der Waals surface area contributed by atoms with Gasteiger partial charge >= 0.3 is 0 Å². The lowest BCUT2D eigenvalue weighted by atomic mass is 10.0. The lowest BCUT2D eigenvalue weighted by Crippen LogP contribution is -2.32. The molecule has 2 rings (SSSR count). The Labute approximate surface area is 107 Å². The van der Waals surface area contributed by atoms with E-state index < -0.39 is 0 Å². The summed E-state index contributed by atoms with van der Waals surface area (Å²) in [7, 11) is 0. The van der Waals surface area contributed by atoms with Gasteiger partial charge in [-0.3, -0.25) is 0 Å². The lowest BCUT2D eigenvalue weighted by molar-refractivity contribution is 0.0232. The summed E-state index contributed by atoms with van der Waals surface area (Å²) in [6.45, 7) is 5.71. The maximum Gasteiger partial charge on any atom is 0.223 e. The van der Waals surface area contributed by atoms with Gasteiger partial charge in [0.1, 0.15) is 11.6 Å². The number of nitrogens with zero attached hydrogens (tertiary/aromatic N) is 2. The van der Waals surface area contributed by atoms with Crippen molar-refractivity contribution in [2.45, 2.75) is 38.8 Å². The normalized spacial score (nSPS) is 23.7. The second-order valence-electron chi connectivity index (χ2n) is 4.57. The van der Waals surface area contributed by atoms with Gasteiger partial charge in [-0.05, 0) is 26.7 Å². The Kier molecular flexibility index (Phi) is 4.19. The fourth-order valence-corrected chi connectivity index (χ4v) is 2.15. The van der Waals surface area contributed by atoms with Crippen LogP contribution >= 0.6 is 0 Å². The van der Waals surface area contributed by atoms with Gasteiger partial charge in [0.05, 0.1) is 6.10 Å². The highest BCUT2D eigenvalue weighted by Crippen LogP contribution is 2.19. The fraction of sp³-hybridized carbons (Fsp3) is 0.667. The Balaban J connectivity index is 2.03. The predicted octanol–water partition coefficient (Wildman–Crippen LogP) is 1.47. The largest absolute Gasteiger partial charge is 0.378 e. The Hall–Kier alpha value is -1.56. The fourth-order valence-electron chi connectivity index (χ4n) is 2.15. The van der Waals surface area contributed by atoms with Gasteiger partial charge < -0.3 is 21.1 Å². The molecular weight excluding hydrogens is 230 g/mol. The van der Waals surface area contributed by atoms with Crippen LogP contribution in [0, 0.1) is 0 Å². The van der Waals surface area contributed by atoms with Gasteiger partial charge in [0.15, 0.2) is 0 Å². The topological polar surface area (TPSA) is 85.1 Å². The molecule has 2 atom stereocenters. The molecule has 0 amide bonds. The first kappa shape index (κ1) is 12.9. The van der Waals surface area contributed by atoms with Gasteiger partial charge in [0.25, 0.3) is 0 Å². The van der Waals surface area contributed by atoms with Gasteiger partial charge in [0, 0.05) is 25.3 Å². The lowest BCUT2D eigenvalue weighted by Gasteiger charge is -2.28. The third-order valence-corrected chi connectivity index (χ3v) is 2.94. The number of rotatable bonds is 4. The minimum Gasteiger partial charge on any atom is -0.378 e. The van der Waals surface area contributed by atoms with Crippen molar-refractivity contribution in [3.63, 3.8) is 0 Å². The molecule has 4 N–H and O–H groups in total. The molecule has 1 fully saturated rings. The molecule has 0 bridgehead atoms. The minimum atomic E-state index is 0.288. The molecule has 0 radical (unpaired) electrons. The third-order valence-electron chi connectivity index (χ3n) is 2.94. The van der Waals surface area contributed by atoms with E-state index in [0.29, 0.717) is 12.1 Å². The van der Waals surface area contributed by atoms with Crippen molar-refractivity contribution < 1.29 is 4.74 Å². The maximum atomic E-state index is 5.70. The zero-order valence-corrected chi connectivity index (χ0v) is 10.9. The summed E-state index contributed by atoms with van der Waals surface area (Å²) in [6, 6.07) is 2.28. The van der Waals surface area contributed by atoms with E-state index in [2.05, 4.69) is 27.5 Å². The molecule has 6 nitrogen and oxygen atoms in total. The van der Waals surface area contributed by atoms with Gasteiger partial charge in [-0.1, -0.05) is 0 Å². The van der Waals surface area contributed by atoms with Gasteiger partial charge in [-0.2, -0.15) is 9.97 Å². The molecule has 100 valence electrons. The first-order valence-electron chi connectivity index (χ1n) is 6.44. The van der Waals surface area contributed by atoms with Crippen LogP contribution in [-0.2, 0) is 4.74 Å². The smallest absolute Gasteiger partial charge is 0.223 e. The third kappa shape index (κ3) is 3.46. The molecule has 0 aromatic carbocycles. The van der Waals surface area contributed by atoms with E-state index in [-0.39, 0.29) is 5.95 Å². The van der Waals surface area contributed by atoms with E-state index in [4.69, 9.17) is 10.5 Å². The molecule has 1 aliphatic rings. The van der Waals surface area contributed by atoms with Crippen LogP contribution in [0.2, 0.25) is 0 Å². The van der Waals surface area contributed by atoms with Crippen molar-refractivity contribution in [3.05, 3.63) is 6.07 Å². The summed E-state index contributed by atoms with van der Waals surface area (Å²) in [5, 5.41) is 6.54. The molecule has 1 aromatic heterocycles. The van der Waals surface area contributed by atoms with Gasteiger partial charge in [-0.15, -0.1) is 0 Å². The molecule has 1 aliphatic heterocycles. The van der Waals surface area contributed by atoms with E-state index >= 15 is 0 Å². The molecule has 1 aromatic rings. The first-order valence-corrected chi connectivity index (χ1v) is 6.44. The molecule has 0 aliphatic carbocycles. The van der Waals surface area contributed by atoms with E-state index in [1.807, 2.05) is 13.0 Å². The zero-order chi connectivity index (χ0) is 13.0. The Bertz CT molecular complexity index is 398. The summed E-state index contributed by atoms with van der Waals surface area (Å²) in [4.78, 5) is 8.33. The highest BCUT2D eigenvalue weighted by molar-refractivity contribution is 5.51. The van der Waals surface area contributed by atoms with Crippen LogP contribution in [0.3, 0.4) is 0 Å². The zero-order valence-electron chi connectivity index (χ0n) is 10.9. The average Bonchev–Trinajstić information content (AvgIpc) is 2.28. The van der Waals surface area contributed by atoms with Crippen molar-refractivity contribution >= 4 is 17.6 Å². The monoisotopic (exact) mass is 251 g/mol. The quantitative estimate of drug-likeness (QED) is 0.751. The predicted molar refractivity (Wildman–Crippen MR) is 72.7 cm³/mol. The van der Waals surface area contributed by atoms with E-state index in [0.717, 1.165) is 37.6 Å². The number of hydrogen-bond acceptors (Lipinski definition) is 6. The van der Waals surface area contributed by atoms with Crippen molar-refractivity contribution in [2.75, 3.05) is 29.5 Å². The number of anilines is 3. The highest BCUT2D eigenvalue weighted by atomic mass is 16.5. The Morgan fingerprint density at radius 2 is 2.22 bits per heavy atom. The molecular formula is C12H21N5O. The number of ether oxygens (including phenoxy) is 1. The van der Waals surface area contributed by atoms with Crippen LogP contribution in [0.1, 0.15) is 26.7 Å². The summed E-state index contributed by atoms with van der Waals surface area (Å²) >= 11 is 0. The van der Waals surface area contributed by atoms with Crippen molar-refractivity contribution in [1.82, 2.24) is 9.97 Å². The molecule has 2 heterocycles. The minimum absolute atomic E-state index is 0.288. The summed E-state index contributed by atoms with van der Waals surface area (Å²) < 4.78 is 5.52. The average molecular weight is 251 g/mol. The summed E-state index contributed by atoms with van der Waals surface area (Å²) in [5.74, 6) is 1.82. The molecule has 18 heavy (non-hydrogen) atoms. The van der Waals surface area contributed by atoms with Crippen LogP contribution < -0.4 is 16.4 Å². The second-order valence-corrected chi connectivity index (χ2v) is 4.57. The molecule has 1 saturated heterocycles. The van der Waals surface area contributed by atoms with Crippen molar-refractivity contribution in [1.29, 1.82) is 0 Å².